The summed E-state index contributed by atoms with van der Waals surface area (Å²) >= 11 is 6.00. The number of hydrogen-bond donors (Lipinski definition) is 1. The van der Waals surface area contributed by atoms with Crippen molar-refractivity contribution in [1.82, 2.24) is 10.3 Å². The van der Waals surface area contributed by atoms with E-state index < -0.39 is 0 Å². The number of rotatable bonds is 3. The Kier molecular flexibility index (Phi) is 5.77. The van der Waals surface area contributed by atoms with E-state index in [1.807, 2.05) is 18.2 Å². The van der Waals surface area contributed by atoms with Crippen LogP contribution in [0.25, 0.3) is 10.9 Å². The number of carbonyl (C=O) groups is 1. The maximum atomic E-state index is 12.7. The number of piperazine rings is 1. The van der Waals surface area contributed by atoms with Crippen molar-refractivity contribution in [3.63, 3.8) is 0 Å². The molecule has 2 heterocycles. The molecule has 0 radical (unpaired) electrons. The summed E-state index contributed by atoms with van der Waals surface area (Å²) in [6.07, 6.45) is 1.66. The third kappa shape index (κ3) is 3.68. The van der Waals surface area contributed by atoms with Crippen LogP contribution in [0.4, 0.5) is 5.69 Å². The van der Waals surface area contributed by atoms with Gasteiger partial charge < -0.3 is 10.2 Å². The maximum absolute atomic E-state index is 12.7. The van der Waals surface area contributed by atoms with Gasteiger partial charge in [-0.2, -0.15) is 0 Å². The molecule has 1 N–H and O–H groups in total. The van der Waals surface area contributed by atoms with Crippen LogP contribution in [0.5, 0.6) is 0 Å². The highest BCUT2D eigenvalue weighted by Crippen LogP contribution is 2.26. The predicted octanol–water partition coefficient (Wildman–Crippen LogP) is 3.95. The van der Waals surface area contributed by atoms with Gasteiger partial charge >= 0.3 is 0 Å². The van der Waals surface area contributed by atoms with Gasteiger partial charge in [-0.25, -0.2) is 0 Å². The molecule has 1 aliphatic heterocycles. The second kappa shape index (κ2) is 8.04. The standard InChI is InChI=1S/C20H18ClN3O.ClH/c21-17-5-1-4-15(12-17)20(25)16-11-14-3-2-6-18(19(14)23-13-16)24-9-7-22-8-10-24;/h1-6,11-13,22H,7-10H2;1H. The zero-order valence-corrected chi connectivity index (χ0v) is 15.7. The summed E-state index contributed by atoms with van der Waals surface area (Å²) in [6.45, 7) is 3.87. The lowest BCUT2D eigenvalue weighted by Crippen LogP contribution is -2.43. The Bertz CT molecular complexity index is 939. The largest absolute Gasteiger partial charge is 0.367 e. The highest BCUT2D eigenvalue weighted by Gasteiger charge is 2.16. The zero-order valence-electron chi connectivity index (χ0n) is 14.1. The summed E-state index contributed by atoms with van der Waals surface area (Å²) in [4.78, 5) is 19.7. The second-order valence-corrected chi connectivity index (χ2v) is 6.59. The van der Waals surface area contributed by atoms with Gasteiger partial charge in [0.15, 0.2) is 5.78 Å². The maximum Gasteiger partial charge on any atom is 0.194 e. The Hall–Kier alpha value is -2.14. The van der Waals surface area contributed by atoms with Gasteiger partial charge in [-0.05, 0) is 24.3 Å². The van der Waals surface area contributed by atoms with Gasteiger partial charge in [0.2, 0.25) is 0 Å². The molecule has 0 bridgehead atoms. The number of hydrogen-bond acceptors (Lipinski definition) is 4. The van der Waals surface area contributed by atoms with Crippen molar-refractivity contribution in [2.24, 2.45) is 0 Å². The molecule has 4 nitrogen and oxygen atoms in total. The summed E-state index contributed by atoms with van der Waals surface area (Å²) < 4.78 is 0. The van der Waals surface area contributed by atoms with Crippen molar-refractivity contribution in [2.45, 2.75) is 0 Å². The van der Waals surface area contributed by atoms with Crippen LogP contribution in [0.3, 0.4) is 0 Å². The van der Waals surface area contributed by atoms with E-state index in [0.717, 1.165) is 42.8 Å². The summed E-state index contributed by atoms with van der Waals surface area (Å²) in [5, 5.41) is 4.89. The minimum atomic E-state index is -0.0653. The van der Waals surface area contributed by atoms with E-state index in [2.05, 4.69) is 21.3 Å². The summed E-state index contributed by atoms with van der Waals surface area (Å²) in [6, 6.07) is 15.0. The minimum Gasteiger partial charge on any atom is -0.367 e. The smallest absolute Gasteiger partial charge is 0.194 e. The molecular formula is C20H19Cl2N3O. The zero-order chi connectivity index (χ0) is 17.2. The molecule has 134 valence electrons. The van der Waals surface area contributed by atoms with E-state index in [-0.39, 0.29) is 18.2 Å². The van der Waals surface area contributed by atoms with Gasteiger partial charge in [0.05, 0.1) is 11.2 Å². The monoisotopic (exact) mass is 387 g/mol. The molecule has 0 amide bonds. The number of aromatic nitrogens is 1. The molecule has 6 heteroatoms. The van der Waals surface area contributed by atoms with Crippen LogP contribution in [-0.4, -0.2) is 36.9 Å². The van der Waals surface area contributed by atoms with Crippen LogP contribution in [0.1, 0.15) is 15.9 Å². The number of benzene rings is 2. The first kappa shape index (κ1) is 18.6. The first-order valence-corrected chi connectivity index (χ1v) is 8.75. The number of halogens is 2. The molecule has 1 aliphatic rings. The third-order valence-electron chi connectivity index (χ3n) is 4.50. The predicted molar refractivity (Wildman–Crippen MR) is 109 cm³/mol. The summed E-state index contributed by atoms with van der Waals surface area (Å²) in [7, 11) is 0. The number of anilines is 1. The highest BCUT2D eigenvalue weighted by atomic mass is 35.5. The Balaban J connectivity index is 0.00000196. The van der Waals surface area contributed by atoms with Crippen molar-refractivity contribution in [1.29, 1.82) is 0 Å². The number of carbonyl (C=O) groups excluding carboxylic acids is 1. The minimum absolute atomic E-state index is 0. The highest BCUT2D eigenvalue weighted by molar-refractivity contribution is 6.31. The topological polar surface area (TPSA) is 45.2 Å². The van der Waals surface area contributed by atoms with Crippen LogP contribution in [0, 0.1) is 0 Å². The number of nitrogens with zero attached hydrogens (tertiary/aromatic N) is 2. The summed E-state index contributed by atoms with van der Waals surface area (Å²) in [5.74, 6) is -0.0653. The Morgan fingerprint density at radius 3 is 2.58 bits per heavy atom. The summed E-state index contributed by atoms with van der Waals surface area (Å²) in [5.41, 5.74) is 3.21. The molecular weight excluding hydrogens is 369 g/mol. The molecule has 0 saturated carbocycles. The van der Waals surface area contributed by atoms with E-state index in [0.29, 0.717) is 16.1 Å². The lowest BCUT2D eigenvalue weighted by molar-refractivity contribution is 0.103. The lowest BCUT2D eigenvalue weighted by atomic mass is 10.0. The van der Waals surface area contributed by atoms with Crippen molar-refractivity contribution in [3.8, 4) is 0 Å². The normalized spacial score (nSPS) is 14.1. The number of para-hydroxylation sites is 1. The van der Waals surface area contributed by atoms with Crippen LogP contribution >= 0.6 is 24.0 Å². The van der Waals surface area contributed by atoms with Crippen LogP contribution in [0.2, 0.25) is 5.02 Å². The first-order chi connectivity index (χ1) is 12.2. The second-order valence-electron chi connectivity index (χ2n) is 6.15. The van der Waals surface area contributed by atoms with Gasteiger partial charge in [0, 0.05) is 53.9 Å². The Morgan fingerprint density at radius 1 is 1.04 bits per heavy atom. The van der Waals surface area contributed by atoms with E-state index in [1.165, 1.54) is 0 Å². The number of fused-ring (bicyclic) bond motifs is 1. The van der Waals surface area contributed by atoms with Gasteiger partial charge in [-0.3, -0.25) is 9.78 Å². The van der Waals surface area contributed by atoms with E-state index >= 15 is 0 Å². The van der Waals surface area contributed by atoms with Crippen molar-refractivity contribution in [2.75, 3.05) is 31.1 Å². The first-order valence-electron chi connectivity index (χ1n) is 8.37. The molecule has 3 aromatic rings. The number of pyridine rings is 1. The van der Waals surface area contributed by atoms with Gasteiger partial charge in [0.1, 0.15) is 0 Å². The van der Waals surface area contributed by atoms with E-state index in [9.17, 15) is 4.79 Å². The van der Waals surface area contributed by atoms with Gasteiger partial charge in [-0.1, -0.05) is 35.9 Å². The molecule has 1 aromatic heterocycles. The fourth-order valence-corrected chi connectivity index (χ4v) is 3.42. The third-order valence-corrected chi connectivity index (χ3v) is 4.73. The lowest BCUT2D eigenvalue weighted by Gasteiger charge is -2.30. The van der Waals surface area contributed by atoms with Crippen LogP contribution in [0.15, 0.2) is 54.7 Å². The molecule has 0 aliphatic carbocycles. The van der Waals surface area contributed by atoms with Gasteiger partial charge in [-0.15, -0.1) is 12.4 Å². The number of ketones is 1. The van der Waals surface area contributed by atoms with Crippen molar-refractivity contribution in [3.05, 3.63) is 70.9 Å². The SMILES string of the molecule is Cl.O=C(c1cccc(Cl)c1)c1cnc2c(N3CCNCC3)cccc2c1. The average molecular weight is 388 g/mol. The number of nitrogens with one attached hydrogen (secondary N) is 1. The molecule has 1 fully saturated rings. The van der Waals surface area contributed by atoms with E-state index in [1.54, 1.807) is 30.5 Å². The van der Waals surface area contributed by atoms with Crippen molar-refractivity contribution >= 4 is 46.4 Å². The fourth-order valence-electron chi connectivity index (χ4n) is 3.23. The van der Waals surface area contributed by atoms with Crippen LogP contribution < -0.4 is 10.2 Å². The molecule has 0 atom stereocenters. The molecule has 2 aromatic carbocycles. The molecule has 0 spiro atoms. The van der Waals surface area contributed by atoms with E-state index in [4.69, 9.17) is 11.6 Å². The van der Waals surface area contributed by atoms with Gasteiger partial charge in [0.25, 0.3) is 0 Å². The van der Waals surface area contributed by atoms with Crippen molar-refractivity contribution < 1.29 is 4.79 Å². The quantitative estimate of drug-likeness (QED) is 0.691. The Morgan fingerprint density at radius 2 is 1.81 bits per heavy atom. The molecule has 26 heavy (non-hydrogen) atoms. The molecule has 0 unspecified atom stereocenters. The fraction of sp³-hybridized carbons (Fsp3) is 0.200. The molecule has 4 rings (SSSR count). The Labute approximate surface area is 163 Å². The van der Waals surface area contributed by atoms with Crippen LogP contribution in [-0.2, 0) is 0 Å². The molecule has 1 saturated heterocycles. The average Bonchev–Trinajstić information content (AvgIpc) is 2.67.